The van der Waals surface area contributed by atoms with Crippen molar-refractivity contribution in [3.8, 4) is 16.8 Å². The number of likely N-dealkylation sites (tertiary alicyclic amines) is 1. The molecule has 0 radical (unpaired) electrons. The Bertz CT molecular complexity index is 1380. The van der Waals surface area contributed by atoms with E-state index in [4.69, 9.17) is 0 Å². The molecular weight excluding hydrogens is 414 g/mol. The van der Waals surface area contributed by atoms with Gasteiger partial charge in [0.15, 0.2) is 0 Å². The Morgan fingerprint density at radius 3 is 2.67 bits per heavy atom. The molecular formula is C26H25N5O2. The molecule has 1 N–H and O–H groups in total. The summed E-state index contributed by atoms with van der Waals surface area (Å²) in [6.07, 6.45) is 5.49. The summed E-state index contributed by atoms with van der Waals surface area (Å²) in [5.41, 5.74) is 3.70. The van der Waals surface area contributed by atoms with Crippen LogP contribution in [-0.4, -0.2) is 43.6 Å². The standard InChI is InChI=1S/C26H25N5O2/c32-25(19-3-4-19)30-13-11-17(16-30)14-24-28-29-26(33)31(24)22-8-5-18(6-9-22)20-7-10-23-21(15-20)2-1-12-27-23/h1-2,5-10,12,15,17,19H,3-4,11,13-14,16H2,(H,29,33)/t17-/m0/s1. The monoisotopic (exact) mass is 439 g/mol. The first-order valence-corrected chi connectivity index (χ1v) is 11.6. The second-order valence-electron chi connectivity index (χ2n) is 9.16. The van der Waals surface area contributed by atoms with Crippen molar-refractivity contribution in [2.45, 2.75) is 25.7 Å². The molecule has 1 saturated heterocycles. The van der Waals surface area contributed by atoms with Crippen LogP contribution < -0.4 is 5.69 Å². The van der Waals surface area contributed by atoms with Gasteiger partial charge < -0.3 is 4.90 Å². The Morgan fingerprint density at radius 2 is 1.85 bits per heavy atom. The summed E-state index contributed by atoms with van der Waals surface area (Å²) in [6, 6.07) is 18.2. The number of carbonyl (C=O) groups is 1. The van der Waals surface area contributed by atoms with Crippen LogP contribution in [0, 0.1) is 11.8 Å². The van der Waals surface area contributed by atoms with Crippen molar-refractivity contribution < 1.29 is 4.79 Å². The molecule has 7 heteroatoms. The first-order chi connectivity index (χ1) is 16.2. The number of benzene rings is 2. The fourth-order valence-electron chi connectivity index (χ4n) is 4.84. The summed E-state index contributed by atoms with van der Waals surface area (Å²) >= 11 is 0. The van der Waals surface area contributed by atoms with Crippen molar-refractivity contribution in [2.75, 3.05) is 13.1 Å². The molecule has 7 nitrogen and oxygen atoms in total. The lowest BCUT2D eigenvalue weighted by molar-refractivity contribution is -0.131. The predicted molar refractivity (Wildman–Crippen MR) is 126 cm³/mol. The maximum Gasteiger partial charge on any atom is 0.347 e. The van der Waals surface area contributed by atoms with Gasteiger partial charge in [-0.05, 0) is 66.6 Å². The summed E-state index contributed by atoms with van der Waals surface area (Å²) in [6.45, 7) is 1.57. The third kappa shape index (κ3) is 3.84. The summed E-state index contributed by atoms with van der Waals surface area (Å²) in [5, 5.41) is 8.01. The van der Waals surface area contributed by atoms with Crippen LogP contribution >= 0.6 is 0 Å². The predicted octanol–water partition coefficient (Wildman–Crippen LogP) is 3.58. The molecule has 0 spiro atoms. The fraction of sp³-hybridized carbons (Fsp3) is 0.308. The van der Waals surface area contributed by atoms with Gasteiger partial charge in [-0.1, -0.05) is 24.3 Å². The van der Waals surface area contributed by atoms with E-state index in [9.17, 15) is 9.59 Å². The Labute approximate surface area is 191 Å². The Balaban J connectivity index is 1.22. The number of carbonyl (C=O) groups excluding carboxylic acids is 1. The van der Waals surface area contributed by atoms with Gasteiger partial charge in [0.2, 0.25) is 5.91 Å². The average molecular weight is 440 g/mol. The highest BCUT2D eigenvalue weighted by Gasteiger charge is 2.36. The Morgan fingerprint density at radius 1 is 1.03 bits per heavy atom. The van der Waals surface area contributed by atoms with E-state index in [0.717, 1.165) is 65.9 Å². The third-order valence-corrected chi connectivity index (χ3v) is 6.80. The molecule has 33 heavy (non-hydrogen) atoms. The number of nitrogens with zero attached hydrogens (tertiary/aromatic N) is 4. The lowest BCUT2D eigenvalue weighted by Crippen LogP contribution is -2.30. The van der Waals surface area contributed by atoms with Crippen LogP contribution in [0.2, 0.25) is 0 Å². The summed E-state index contributed by atoms with van der Waals surface area (Å²) in [5.74, 6) is 1.60. The molecule has 166 valence electrons. The molecule has 4 aromatic rings. The second-order valence-corrected chi connectivity index (χ2v) is 9.16. The van der Waals surface area contributed by atoms with E-state index >= 15 is 0 Å². The minimum absolute atomic E-state index is 0.238. The van der Waals surface area contributed by atoms with Crippen molar-refractivity contribution >= 4 is 16.8 Å². The maximum absolute atomic E-state index is 12.6. The molecule has 1 atom stereocenters. The van der Waals surface area contributed by atoms with Gasteiger partial charge in [-0.25, -0.2) is 14.5 Å². The fourth-order valence-corrected chi connectivity index (χ4v) is 4.84. The van der Waals surface area contributed by atoms with Crippen LogP contribution in [0.15, 0.2) is 65.6 Å². The lowest BCUT2D eigenvalue weighted by Gasteiger charge is -2.16. The number of aromatic nitrogens is 4. The molecule has 0 bridgehead atoms. The zero-order valence-electron chi connectivity index (χ0n) is 18.3. The molecule has 1 saturated carbocycles. The number of hydrogen-bond acceptors (Lipinski definition) is 4. The van der Waals surface area contributed by atoms with E-state index in [0.29, 0.717) is 18.2 Å². The smallest absolute Gasteiger partial charge is 0.342 e. The summed E-state index contributed by atoms with van der Waals surface area (Å²) in [4.78, 5) is 31.3. The van der Waals surface area contributed by atoms with Crippen LogP contribution in [0.5, 0.6) is 0 Å². The normalized spacial score (nSPS) is 18.2. The van der Waals surface area contributed by atoms with Crippen molar-refractivity contribution in [2.24, 2.45) is 11.8 Å². The number of pyridine rings is 1. The number of aromatic amines is 1. The van der Waals surface area contributed by atoms with Crippen molar-refractivity contribution in [1.82, 2.24) is 24.6 Å². The van der Waals surface area contributed by atoms with Crippen molar-refractivity contribution in [3.63, 3.8) is 0 Å². The van der Waals surface area contributed by atoms with E-state index < -0.39 is 0 Å². The average Bonchev–Trinajstić information content (AvgIpc) is 3.50. The highest BCUT2D eigenvalue weighted by Crippen LogP contribution is 2.33. The molecule has 0 unspecified atom stereocenters. The van der Waals surface area contributed by atoms with Gasteiger partial charge in [0.25, 0.3) is 0 Å². The van der Waals surface area contributed by atoms with Gasteiger partial charge in [-0.2, -0.15) is 5.10 Å². The van der Waals surface area contributed by atoms with Gasteiger partial charge in [0.1, 0.15) is 5.82 Å². The quantitative estimate of drug-likeness (QED) is 0.515. The third-order valence-electron chi connectivity index (χ3n) is 6.80. The molecule has 2 fully saturated rings. The van der Waals surface area contributed by atoms with Crippen LogP contribution in [0.25, 0.3) is 27.7 Å². The minimum Gasteiger partial charge on any atom is -0.342 e. The molecule has 1 aliphatic carbocycles. The SMILES string of the molecule is O=C(C1CC1)N1CC[C@@H](Cc2n[nH]c(=O)n2-c2ccc(-c3ccc4ncccc4c3)cc2)C1. The van der Waals surface area contributed by atoms with Crippen LogP contribution in [-0.2, 0) is 11.2 Å². The van der Waals surface area contributed by atoms with E-state index in [-0.39, 0.29) is 11.6 Å². The van der Waals surface area contributed by atoms with E-state index in [2.05, 4.69) is 33.4 Å². The van der Waals surface area contributed by atoms with E-state index in [1.807, 2.05) is 41.3 Å². The number of H-pyrrole nitrogens is 1. The summed E-state index contributed by atoms with van der Waals surface area (Å²) < 4.78 is 1.65. The number of amides is 1. The van der Waals surface area contributed by atoms with E-state index in [1.54, 1.807) is 10.8 Å². The molecule has 2 aromatic heterocycles. The molecule has 2 aromatic carbocycles. The minimum atomic E-state index is -0.238. The molecule has 2 aliphatic rings. The highest BCUT2D eigenvalue weighted by atomic mass is 16.2. The molecule has 6 rings (SSSR count). The second kappa shape index (κ2) is 7.99. The highest BCUT2D eigenvalue weighted by molar-refractivity contribution is 5.84. The van der Waals surface area contributed by atoms with Crippen molar-refractivity contribution in [1.29, 1.82) is 0 Å². The number of nitrogens with one attached hydrogen (secondary N) is 1. The molecule has 3 heterocycles. The first kappa shape index (κ1) is 19.9. The zero-order chi connectivity index (χ0) is 22.4. The zero-order valence-corrected chi connectivity index (χ0v) is 18.3. The van der Waals surface area contributed by atoms with Gasteiger partial charge in [-0.3, -0.25) is 9.78 Å². The largest absolute Gasteiger partial charge is 0.347 e. The number of rotatable bonds is 5. The molecule has 1 amide bonds. The molecule has 1 aliphatic heterocycles. The lowest BCUT2D eigenvalue weighted by atomic mass is 10.0. The summed E-state index contributed by atoms with van der Waals surface area (Å²) in [7, 11) is 0. The van der Waals surface area contributed by atoms with Crippen LogP contribution in [0.1, 0.15) is 25.1 Å². The number of hydrogen-bond donors (Lipinski definition) is 1. The van der Waals surface area contributed by atoms with E-state index in [1.165, 1.54) is 0 Å². The van der Waals surface area contributed by atoms with Gasteiger partial charge in [0, 0.05) is 37.0 Å². The topological polar surface area (TPSA) is 83.9 Å². The first-order valence-electron chi connectivity index (χ1n) is 11.6. The van der Waals surface area contributed by atoms with Gasteiger partial charge in [0.05, 0.1) is 11.2 Å². The number of fused-ring (bicyclic) bond motifs is 1. The van der Waals surface area contributed by atoms with Crippen LogP contribution in [0.3, 0.4) is 0 Å². The Kier molecular flexibility index (Phi) is 4.82. The maximum atomic E-state index is 12.6. The van der Waals surface area contributed by atoms with Gasteiger partial charge in [-0.15, -0.1) is 0 Å². The van der Waals surface area contributed by atoms with Crippen LogP contribution in [0.4, 0.5) is 0 Å². The van der Waals surface area contributed by atoms with Crippen molar-refractivity contribution in [3.05, 3.63) is 77.1 Å². The van der Waals surface area contributed by atoms with Gasteiger partial charge >= 0.3 is 5.69 Å². The Hall–Kier alpha value is -3.74.